The second-order valence-corrected chi connectivity index (χ2v) is 6.77. The van der Waals surface area contributed by atoms with Crippen molar-refractivity contribution in [2.24, 2.45) is 0 Å². The van der Waals surface area contributed by atoms with Crippen molar-refractivity contribution in [3.05, 3.63) is 30.0 Å². The lowest BCUT2D eigenvalue weighted by Crippen LogP contribution is -2.29. The van der Waals surface area contributed by atoms with Crippen LogP contribution in [-0.2, 0) is 11.2 Å². The Hall–Kier alpha value is -3.00. The lowest BCUT2D eigenvalue weighted by molar-refractivity contribution is 0.0903. The summed E-state index contributed by atoms with van der Waals surface area (Å²) >= 11 is 0. The molecule has 0 spiro atoms. The summed E-state index contributed by atoms with van der Waals surface area (Å²) in [5.74, 6) is 1.79. The summed E-state index contributed by atoms with van der Waals surface area (Å²) in [6.45, 7) is 3.57. The number of rotatable bonds is 5. The molecular weight excluding hydrogens is 356 g/mol. The number of fused-ring (bicyclic) bond motifs is 1. The zero-order valence-electron chi connectivity index (χ0n) is 16.1. The number of ether oxygens (including phenoxy) is 2. The molecule has 8 heteroatoms. The van der Waals surface area contributed by atoms with Gasteiger partial charge >= 0.3 is 0 Å². The first kappa shape index (κ1) is 18.4. The average molecular weight is 380 g/mol. The Kier molecular flexibility index (Phi) is 5.21. The van der Waals surface area contributed by atoms with Crippen molar-refractivity contribution >= 4 is 22.7 Å². The summed E-state index contributed by atoms with van der Waals surface area (Å²) in [6, 6.07) is 7.96. The number of aryl methyl sites for hydroxylation is 1. The fraction of sp³-hybridized carbons (Fsp3) is 0.400. The second kappa shape index (κ2) is 7.93. The van der Waals surface area contributed by atoms with Gasteiger partial charge in [0.1, 0.15) is 28.3 Å². The van der Waals surface area contributed by atoms with Crippen LogP contribution in [-0.4, -0.2) is 46.5 Å². The van der Waals surface area contributed by atoms with E-state index in [4.69, 9.17) is 25.2 Å². The van der Waals surface area contributed by atoms with Crippen molar-refractivity contribution in [2.45, 2.75) is 32.2 Å². The number of aromatic nitrogens is 4. The van der Waals surface area contributed by atoms with Gasteiger partial charge < -0.3 is 20.5 Å². The molecule has 0 atom stereocenters. The van der Waals surface area contributed by atoms with Crippen LogP contribution in [0.15, 0.2) is 24.3 Å². The molecule has 146 valence electrons. The lowest BCUT2D eigenvalue weighted by atomic mass is 10.1. The molecule has 4 rings (SSSR count). The van der Waals surface area contributed by atoms with Gasteiger partial charge in [0.05, 0.1) is 12.8 Å². The summed E-state index contributed by atoms with van der Waals surface area (Å²) in [7, 11) is 1.63. The number of hydrogen-bond donors (Lipinski definition) is 2. The molecule has 8 nitrogen and oxygen atoms in total. The van der Waals surface area contributed by atoms with Gasteiger partial charge in [0.25, 0.3) is 0 Å². The van der Waals surface area contributed by atoms with Gasteiger partial charge in [0, 0.05) is 24.8 Å². The fourth-order valence-corrected chi connectivity index (χ4v) is 3.37. The highest BCUT2D eigenvalue weighted by Crippen LogP contribution is 2.30. The predicted octanol–water partition coefficient (Wildman–Crippen LogP) is 2.83. The number of methoxy groups -OCH3 is 1. The Balaban J connectivity index is 1.84. The fourth-order valence-electron chi connectivity index (χ4n) is 3.37. The van der Waals surface area contributed by atoms with E-state index in [2.05, 4.69) is 22.4 Å². The number of anilines is 2. The van der Waals surface area contributed by atoms with Crippen LogP contribution in [0, 0.1) is 0 Å². The van der Waals surface area contributed by atoms with Crippen molar-refractivity contribution in [1.29, 1.82) is 0 Å². The Morgan fingerprint density at radius 2 is 2.00 bits per heavy atom. The van der Waals surface area contributed by atoms with Crippen LogP contribution in [0.1, 0.15) is 25.5 Å². The monoisotopic (exact) mass is 380 g/mol. The zero-order chi connectivity index (χ0) is 19.5. The zero-order valence-corrected chi connectivity index (χ0v) is 16.1. The van der Waals surface area contributed by atoms with E-state index in [0.717, 1.165) is 55.3 Å². The third-order valence-electron chi connectivity index (χ3n) is 4.93. The van der Waals surface area contributed by atoms with Gasteiger partial charge in [0.2, 0.25) is 0 Å². The average Bonchev–Trinajstić information content (AvgIpc) is 2.74. The lowest BCUT2D eigenvalue weighted by Gasteiger charge is -2.24. The Labute approximate surface area is 163 Å². The van der Waals surface area contributed by atoms with Crippen LogP contribution in [0.5, 0.6) is 5.75 Å². The molecular formula is C20H24N6O2. The van der Waals surface area contributed by atoms with E-state index < -0.39 is 0 Å². The maximum atomic E-state index is 6.08. The summed E-state index contributed by atoms with van der Waals surface area (Å²) in [5, 5.41) is 12.0. The smallest absolute Gasteiger partial charge is 0.174 e. The topological polar surface area (TPSA) is 108 Å². The number of nitrogens with zero attached hydrogens (tertiary/aromatic N) is 4. The van der Waals surface area contributed by atoms with E-state index in [0.29, 0.717) is 22.8 Å². The van der Waals surface area contributed by atoms with Crippen LogP contribution in [0.25, 0.3) is 22.3 Å². The van der Waals surface area contributed by atoms with E-state index in [9.17, 15) is 0 Å². The summed E-state index contributed by atoms with van der Waals surface area (Å²) < 4.78 is 10.8. The van der Waals surface area contributed by atoms with Gasteiger partial charge in [-0.05, 0) is 31.4 Å². The minimum atomic E-state index is 0.279. The summed E-state index contributed by atoms with van der Waals surface area (Å²) in [4.78, 5) is 9.67. The van der Waals surface area contributed by atoms with Crippen molar-refractivity contribution in [2.75, 3.05) is 31.4 Å². The van der Waals surface area contributed by atoms with Crippen LogP contribution in [0.4, 0.5) is 11.6 Å². The standard InChI is InChI=1S/C20H24N6O2/c1-3-15-20(22-13-7-9-28-10-8-13)24-17-16(25-26-19(21)18(17)23-15)12-5-4-6-14(11-12)27-2/h4-6,11,13H,3,7-10H2,1-2H3,(H2,21,26)(H,22,24). The Bertz CT molecular complexity index is 988. The van der Waals surface area contributed by atoms with Gasteiger partial charge in [-0.3, -0.25) is 0 Å². The highest BCUT2D eigenvalue weighted by Gasteiger charge is 2.20. The molecule has 0 radical (unpaired) electrons. The Morgan fingerprint density at radius 1 is 1.18 bits per heavy atom. The largest absolute Gasteiger partial charge is 0.497 e. The Morgan fingerprint density at radius 3 is 2.75 bits per heavy atom. The molecule has 1 saturated heterocycles. The molecule has 1 aromatic carbocycles. The molecule has 1 aliphatic heterocycles. The summed E-state index contributed by atoms with van der Waals surface area (Å²) in [6.07, 6.45) is 2.63. The molecule has 3 heterocycles. The molecule has 0 saturated carbocycles. The van der Waals surface area contributed by atoms with E-state index in [1.54, 1.807) is 7.11 Å². The van der Waals surface area contributed by atoms with Gasteiger partial charge in [-0.2, -0.15) is 0 Å². The highest BCUT2D eigenvalue weighted by atomic mass is 16.5. The SMILES string of the molecule is CCc1nc2c(N)nnc(-c3cccc(OC)c3)c2nc1NC1CCOCC1. The molecule has 0 unspecified atom stereocenters. The summed E-state index contributed by atoms with van der Waals surface area (Å²) in [5.41, 5.74) is 9.64. The van der Waals surface area contributed by atoms with Crippen molar-refractivity contribution in [3.8, 4) is 17.0 Å². The van der Waals surface area contributed by atoms with Crippen molar-refractivity contribution in [1.82, 2.24) is 20.2 Å². The molecule has 0 aliphatic carbocycles. The van der Waals surface area contributed by atoms with Crippen molar-refractivity contribution in [3.63, 3.8) is 0 Å². The molecule has 28 heavy (non-hydrogen) atoms. The van der Waals surface area contributed by atoms with Gasteiger partial charge in [-0.25, -0.2) is 9.97 Å². The normalized spacial score (nSPS) is 14.9. The number of benzene rings is 1. The second-order valence-electron chi connectivity index (χ2n) is 6.77. The predicted molar refractivity (Wildman–Crippen MR) is 108 cm³/mol. The molecule has 1 aliphatic rings. The first-order chi connectivity index (χ1) is 13.7. The molecule has 3 N–H and O–H groups in total. The van der Waals surface area contributed by atoms with Crippen LogP contribution < -0.4 is 15.8 Å². The third-order valence-corrected chi connectivity index (χ3v) is 4.93. The molecule has 2 aromatic heterocycles. The molecule has 0 bridgehead atoms. The van der Waals surface area contributed by atoms with Crippen molar-refractivity contribution < 1.29 is 9.47 Å². The molecule has 3 aromatic rings. The van der Waals surface area contributed by atoms with Crippen LogP contribution in [0.2, 0.25) is 0 Å². The number of nitrogen functional groups attached to an aromatic ring is 1. The quantitative estimate of drug-likeness (QED) is 0.696. The molecule has 0 amide bonds. The first-order valence-electron chi connectivity index (χ1n) is 9.51. The highest BCUT2D eigenvalue weighted by molar-refractivity contribution is 5.95. The third kappa shape index (κ3) is 3.55. The van der Waals surface area contributed by atoms with Crippen LogP contribution >= 0.6 is 0 Å². The molecule has 1 fully saturated rings. The minimum Gasteiger partial charge on any atom is -0.497 e. The van der Waals surface area contributed by atoms with Gasteiger partial charge in [0.15, 0.2) is 5.82 Å². The number of nitrogens with one attached hydrogen (secondary N) is 1. The van der Waals surface area contributed by atoms with E-state index >= 15 is 0 Å². The van der Waals surface area contributed by atoms with Crippen LogP contribution in [0.3, 0.4) is 0 Å². The van der Waals surface area contributed by atoms with E-state index in [1.165, 1.54) is 0 Å². The van der Waals surface area contributed by atoms with E-state index in [-0.39, 0.29) is 5.82 Å². The van der Waals surface area contributed by atoms with E-state index in [1.807, 2.05) is 24.3 Å². The number of nitrogens with two attached hydrogens (primary N) is 1. The maximum absolute atomic E-state index is 6.08. The number of hydrogen-bond acceptors (Lipinski definition) is 8. The maximum Gasteiger partial charge on any atom is 0.174 e. The first-order valence-corrected chi connectivity index (χ1v) is 9.51. The minimum absolute atomic E-state index is 0.279. The van der Waals surface area contributed by atoms with Gasteiger partial charge in [-0.15, -0.1) is 10.2 Å². The van der Waals surface area contributed by atoms with Gasteiger partial charge in [-0.1, -0.05) is 19.1 Å².